The molecule has 3 heterocycles. The summed E-state index contributed by atoms with van der Waals surface area (Å²) >= 11 is 1.04. The van der Waals surface area contributed by atoms with Gasteiger partial charge in [-0.3, -0.25) is 4.79 Å². The Morgan fingerprint density at radius 3 is 2.58 bits per heavy atom. The highest BCUT2D eigenvalue weighted by Crippen LogP contribution is 2.35. The highest BCUT2D eigenvalue weighted by atomic mass is 32.1. The van der Waals surface area contributed by atoms with Gasteiger partial charge in [-0.15, -0.1) is 24.5 Å². The SMILES string of the molecule is CC(C)Cc1ccc2c(N)c(C(=O)c3c([O-])on[n+]3-c3ccc(OC(F)(F)F)cc3)sc2n1. The number of hydrogen-bond donors (Lipinski definition) is 1. The average molecular weight is 478 g/mol. The van der Waals surface area contributed by atoms with Gasteiger partial charge in [0.05, 0.1) is 11.0 Å². The van der Waals surface area contributed by atoms with Crippen molar-refractivity contribution in [1.82, 2.24) is 10.3 Å². The van der Waals surface area contributed by atoms with Crippen LogP contribution in [0.2, 0.25) is 0 Å². The van der Waals surface area contributed by atoms with Crippen LogP contribution in [0.25, 0.3) is 15.9 Å². The molecule has 1 aromatic carbocycles. The number of nitrogens with two attached hydrogens (primary N) is 1. The molecule has 4 rings (SSSR count). The summed E-state index contributed by atoms with van der Waals surface area (Å²) in [6.07, 6.45) is -4.10. The molecule has 0 radical (unpaired) electrons. The third-order valence-electron chi connectivity index (χ3n) is 4.62. The number of carbonyl (C=O) groups is 1. The van der Waals surface area contributed by atoms with Gasteiger partial charge in [-0.1, -0.05) is 13.8 Å². The molecule has 3 aromatic heterocycles. The number of aromatic nitrogens is 3. The first-order valence-corrected chi connectivity index (χ1v) is 10.5. The predicted octanol–water partition coefficient (Wildman–Crippen LogP) is 3.54. The first-order valence-electron chi connectivity index (χ1n) is 9.71. The Hall–Kier alpha value is -3.67. The third-order valence-corrected chi connectivity index (χ3v) is 5.73. The standard InChI is InChI=1S/C21H17F3N4O4S/c1-10(2)9-11-3-8-14-15(25)18(33-19(14)26-11)17(29)16-20(30)32-27-28(16)12-4-6-13(7-5-12)31-21(22,23)24/h3-8,10H,9H2,1-2H3,(H2-,25,27,29,30). The van der Waals surface area contributed by atoms with Crippen LogP contribution in [0.5, 0.6) is 11.7 Å². The molecule has 8 nitrogen and oxygen atoms in total. The zero-order valence-corrected chi connectivity index (χ0v) is 18.2. The Bertz CT molecular complexity index is 1330. The van der Waals surface area contributed by atoms with E-state index in [2.05, 4.69) is 33.4 Å². The van der Waals surface area contributed by atoms with Gasteiger partial charge in [0, 0.05) is 23.2 Å². The summed E-state index contributed by atoms with van der Waals surface area (Å²) in [5, 5.41) is 16.4. The Morgan fingerprint density at radius 1 is 1.24 bits per heavy atom. The quantitative estimate of drug-likeness (QED) is 0.333. The number of anilines is 1. The molecule has 0 aliphatic carbocycles. The van der Waals surface area contributed by atoms with E-state index in [1.165, 1.54) is 12.1 Å². The second-order valence-electron chi connectivity index (χ2n) is 7.59. The van der Waals surface area contributed by atoms with E-state index in [1.54, 1.807) is 6.07 Å². The molecule has 0 aliphatic heterocycles. The minimum absolute atomic E-state index is 0.0882. The van der Waals surface area contributed by atoms with Gasteiger partial charge in [0.15, 0.2) is 5.95 Å². The van der Waals surface area contributed by atoms with Crippen molar-refractivity contribution in [3.05, 3.63) is 52.7 Å². The number of thiophene rings is 1. The van der Waals surface area contributed by atoms with Crippen molar-refractivity contribution >= 4 is 33.0 Å². The number of rotatable bonds is 6. The number of ether oxygens (including phenoxy) is 1. The van der Waals surface area contributed by atoms with E-state index in [4.69, 9.17) is 5.73 Å². The Morgan fingerprint density at radius 2 is 1.94 bits per heavy atom. The van der Waals surface area contributed by atoms with Crippen LogP contribution in [-0.2, 0) is 6.42 Å². The average Bonchev–Trinajstić information content (AvgIpc) is 3.26. The molecule has 12 heteroatoms. The van der Waals surface area contributed by atoms with E-state index in [0.29, 0.717) is 16.1 Å². The summed E-state index contributed by atoms with van der Waals surface area (Å²) in [4.78, 5) is 18.4. The lowest BCUT2D eigenvalue weighted by Crippen LogP contribution is -2.39. The fourth-order valence-corrected chi connectivity index (χ4v) is 4.30. The van der Waals surface area contributed by atoms with E-state index in [1.807, 2.05) is 6.07 Å². The lowest BCUT2D eigenvalue weighted by atomic mass is 10.1. The van der Waals surface area contributed by atoms with Crippen molar-refractivity contribution in [3.8, 4) is 17.4 Å². The summed E-state index contributed by atoms with van der Waals surface area (Å²) < 4.78 is 46.5. The lowest BCUT2D eigenvalue weighted by Gasteiger charge is -2.07. The molecule has 0 bridgehead atoms. The van der Waals surface area contributed by atoms with Crippen molar-refractivity contribution in [3.63, 3.8) is 0 Å². The number of alkyl halides is 3. The summed E-state index contributed by atoms with van der Waals surface area (Å²) in [5.41, 5.74) is 6.88. The van der Waals surface area contributed by atoms with Crippen LogP contribution >= 0.6 is 11.3 Å². The normalized spacial score (nSPS) is 11.9. The fourth-order valence-electron chi connectivity index (χ4n) is 3.25. The maximum atomic E-state index is 13.2. The monoisotopic (exact) mass is 478 g/mol. The van der Waals surface area contributed by atoms with Crippen molar-refractivity contribution in [1.29, 1.82) is 0 Å². The van der Waals surface area contributed by atoms with E-state index < -0.39 is 29.5 Å². The van der Waals surface area contributed by atoms with Gasteiger partial charge in [0.1, 0.15) is 15.5 Å². The van der Waals surface area contributed by atoms with Crippen LogP contribution < -0.4 is 20.3 Å². The van der Waals surface area contributed by atoms with Crippen LogP contribution in [0.3, 0.4) is 0 Å². The Kier molecular flexibility index (Phi) is 5.70. The minimum atomic E-state index is -4.85. The number of hydrogen-bond acceptors (Lipinski definition) is 8. The molecule has 0 saturated heterocycles. The topological polar surface area (TPSA) is 118 Å². The predicted molar refractivity (Wildman–Crippen MR) is 110 cm³/mol. The van der Waals surface area contributed by atoms with E-state index >= 15 is 0 Å². The molecule has 4 aromatic rings. The number of nitrogens with zero attached hydrogens (tertiary/aromatic N) is 3. The van der Waals surface area contributed by atoms with E-state index in [9.17, 15) is 23.1 Å². The lowest BCUT2D eigenvalue weighted by molar-refractivity contribution is -0.672. The second-order valence-corrected chi connectivity index (χ2v) is 8.59. The largest absolute Gasteiger partial charge is 0.573 e. The minimum Gasteiger partial charge on any atom is -0.539 e. The van der Waals surface area contributed by atoms with E-state index in [-0.39, 0.29) is 16.3 Å². The fraction of sp³-hybridized carbons (Fsp3) is 0.238. The highest BCUT2D eigenvalue weighted by molar-refractivity contribution is 7.21. The molecule has 0 atom stereocenters. The number of halogens is 3. The van der Waals surface area contributed by atoms with Gasteiger partial charge in [0.2, 0.25) is 5.69 Å². The van der Waals surface area contributed by atoms with Gasteiger partial charge in [0.25, 0.3) is 5.78 Å². The maximum absolute atomic E-state index is 13.2. The first kappa shape index (κ1) is 22.5. The van der Waals surface area contributed by atoms with Crippen LogP contribution in [0.4, 0.5) is 18.9 Å². The van der Waals surface area contributed by atoms with Crippen molar-refractivity contribution < 1.29 is 37.0 Å². The van der Waals surface area contributed by atoms with Crippen molar-refractivity contribution in [2.24, 2.45) is 5.92 Å². The molecule has 2 N–H and O–H groups in total. The highest BCUT2D eigenvalue weighted by Gasteiger charge is 2.33. The molecule has 0 aliphatic rings. The molecule has 0 saturated carbocycles. The molecule has 33 heavy (non-hydrogen) atoms. The molecule has 0 amide bonds. The van der Waals surface area contributed by atoms with Crippen LogP contribution in [0.15, 0.2) is 40.9 Å². The smallest absolute Gasteiger partial charge is 0.539 e. The molecular formula is C21H17F3N4O4S. The number of fused-ring (bicyclic) bond motifs is 1. The molecule has 0 spiro atoms. The molecule has 172 valence electrons. The Labute approximate surface area is 189 Å². The zero-order valence-electron chi connectivity index (χ0n) is 17.3. The van der Waals surface area contributed by atoms with Crippen LogP contribution in [0.1, 0.15) is 34.9 Å². The summed E-state index contributed by atoms with van der Waals surface area (Å²) in [5.74, 6) is -1.83. The number of nitrogen functional groups attached to an aromatic ring is 1. The number of ketones is 1. The third kappa shape index (κ3) is 4.60. The molecule has 0 fully saturated rings. The molecular weight excluding hydrogens is 461 g/mol. The zero-order chi connectivity index (χ0) is 23.9. The van der Waals surface area contributed by atoms with Crippen molar-refractivity contribution in [2.75, 3.05) is 5.73 Å². The van der Waals surface area contributed by atoms with Crippen molar-refractivity contribution in [2.45, 2.75) is 26.6 Å². The van der Waals surface area contributed by atoms with E-state index in [0.717, 1.165) is 40.3 Å². The van der Waals surface area contributed by atoms with Crippen LogP contribution in [-0.4, -0.2) is 22.4 Å². The molecule has 0 unspecified atom stereocenters. The van der Waals surface area contributed by atoms with Gasteiger partial charge in [-0.05, 0) is 41.3 Å². The van der Waals surface area contributed by atoms with Gasteiger partial charge in [-0.25, -0.2) is 4.98 Å². The van der Waals surface area contributed by atoms with Gasteiger partial charge in [-0.2, -0.15) is 0 Å². The maximum Gasteiger partial charge on any atom is 0.573 e. The van der Waals surface area contributed by atoms with Gasteiger partial charge < -0.3 is 20.1 Å². The van der Waals surface area contributed by atoms with Crippen LogP contribution in [0, 0.1) is 5.92 Å². The number of carbonyl (C=O) groups excluding carboxylic acids is 1. The number of pyridine rings is 1. The second kappa shape index (κ2) is 8.35. The summed E-state index contributed by atoms with van der Waals surface area (Å²) in [6, 6.07) is 8.07. The number of benzene rings is 1. The Balaban J connectivity index is 1.71. The van der Waals surface area contributed by atoms with Gasteiger partial charge >= 0.3 is 12.1 Å². The summed E-state index contributed by atoms with van der Waals surface area (Å²) in [7, 11) is 0. The first-order chi connectivity index (χ1) is 15.5. The summed E-state index contributed by atoms with van der Waals surface area (Å²) in [6.45, 7) is 4.12.